The van der Waals surface area contributed by atoms with E-state index in [2.05, 4.69) is 10.1 Å². The van der Waals surface area contributed by atoms with Gasteiger partial charge in [-0.1, -0.05) is 23.7 Å². The Morgan fingerprint density at radius 2 is 1.79 bits per heavy atom. The van der Waals surface area contributed by atoms with Gasteiger partial charge in [-0.3, -0.25) is 9.59 Å². The number of rotatable bonds is 5. The highest BCUT2D eigenvalue weighted by Crippen LogP contribution is 2.20. The van der Waals surface area contributed by atoms with E-state index in [0.717, 1.165) is 12.8 Å². The molecule has 7 heteroatoms. The van der Waals surface area contributed by atoms with Crippen LogP contribution >= 0.6 is 11.6 Å². The van der Waals surface area contributed by atoms with E-state index in [-0.39, 0.29) is 17.7 Å². The van der Waals surface area contributed by atoms with Crippen LogP contribution in [0.15, 0.2) is 48.5 Å². The molecule has 0 aromatic heterocycles. The van der Waals surface area contributed by atoms with E-state index in [1.807, 2.05) is 0 Å². The molecule has 1 heterocycles. The number of piperidine rings is 1. The number of ether oxygens (including phenoxy) is 1. The predicted molar refractivity (Wildman–Crippen MR) is 110 cm³/mol. The van der Waals surface area contributed by atoms with E-state index in [0.29, 0.717) is 41.3 Å². The lowest BCUT2D eigenvalue weighted by atomic mass is 9.97. The minimum atomic E-state index is -0.434. The summed E-state index contributed by atoms with van der Waals surface area (Å²) >= 11 is 6.07. The molecule has 0 bridgehead atoms. The third kappa shape index (κ3) is 5.15. The summed E-state index contributed by atoms with van der Waals surface area (Å²) in [5.74, 6) is -0.550. The van der Waals surface area contributed by atoms with Crippen molar-refractivity contribution < 1.29 is 19.1 Å². The number of methoxy groups -OCH3 is 1. The number of hydrogen-bond donors (Lipinski definition) is 1. The summed E-state index contributed by atoms with van der Waals surface area (Å²) in [5, 5.41) is 3.34. The number of carbonyl (C=O) groups excluding carboxylic acids is 3. The lowest BCUT2D eigenvalue weighted by Gasteiger charge is -2.33. The summed E-state index contributed by atoms with van der Waals surface area (Å²) in [6.07, 6.45) is 1.81. The van der Waals surface area contributed by atoms with Crippen LogP contribution in [0.3, 0.4) is 0 Å². The average Bonchev–Trinajstić information content (AvgIpc) is 2.77. The van der Waals surface area contributed by atoms with Gasteiger partial charge in [-0.25, -0.2) is 4.79 Å². The van der Waals surface area contributed by atoms with E-state index in [4.69, 9.17) is 11.6 Å². The van der Waals surface area contributed by atoms with Crippen LogP contribution in [0.25, 0.3) is 0 Å². The van der Waals surface area contributed by atoms with Gasteiger partial charge in [0.25, 0.3) is 11.8 Å². The fourth-order valence-corrected chi connectivity index (χ4v) is 3.66. The Kier molecular flexibility index (Phi) is 6.88. The molecule has 3 rings (SSSR count). The van der Waals surface area contributed by atoms with E-state index in [1.165, 1.54) is 7.11 Å². The number of nitrogens with zero attached hydrogens (tertiary/aromatic N) is 1. The van der Waals surface area contributed by atoms with Crippen molar-refractivity contribution in [1.82, 2.24) is 10.2 Å². The maximum atomic E-state index is 12.8. The highest BCUT2D eigenvalue weighted by atomic mass is 35.5. The molecule has 2 amide bonds. The number of esters is 1. The smallest absolute Gasteiger partial charge is 0.337 e. The first-order valence-electron chi connectivity index (χ1n) is 9.50. The zero-order valence-corrected chi connectivity index (χ0v) is 16.9. The second-order valence-corrected chi connectivity index (χ2v) is 7.43. The van der Waals surface area contributed by atoms with Crippen molar-refractivity contribution in [3.8, 4) is 0 Å². The molecule has 1 N–H and O–H groups in total. The van der Waals surface area contributed by atoms with E-state index < -0.39 is 5.97 Å². The Balaban J connectivity index is 1.57. The average molecular weight is 415 g/mol. The van der Waals surface area contributed by atoms with Gasteiger partial charge in [-0.15, -0.1) is 0 Å². The Bertz CT molecular complexity index is 898. The van der Waals surface area contributed by atoms with Gasteiger partial charge in [0.15, 0.2) is 0 Å². The fraction of sp³-hybridized carbons (Fsp3) is 0.318. The van der Waals surface area contributed by atoms with Crippen LogP contribution < -0.4 is 5.32 Å². The minimum Gasteiger partial charge on any atom is -0.465 e. The van der Waals surface area contributed by atoms with Gasteiger partial charge in [-0.2, -0.15) is 0 Å². The molecule has 0 saturated carbocycles. The summed E-state index contributed by atoms with van der Waals surface area (Å²) in [5.41, 5.74) is 1.38. The molecular formula is C22H23ClN2O4. The summed E-state index contributed by atoms with van der Waals surface area (Å²) in [6, 6.07) is 13.4. The van der Waals surface area contributed by atoms with Crippen LogP contribution in [-0.4, -0.2) is 49.4 Å². The van der Waals surface area contributed by atoms with Crippen LogP contribution in [-0.2, 0) is 4.74 Å². The molecule has 29 heavy (non-hydrogen) atoms. The molecule has 1 fully saturated rings. The second-order valence-electron chi connectivity index (χ2n) is 7.02. The molecule has 1 aliphatic rings. The monoisotopic (exact) mass is 414 g/mol. The van der Waals surface area contributed by atoms with E-state index in [9.17, 15) is 14.4 Å². The van der Waals surface area contributed by atoms with Crippen molar-refractivity contribution in [2.75, 3.05) is 26.7 Å². The van der Waals surface area contributed by atoms with Crippen LogP contribution in [0.4, 0.5) is 0 Å². The molecule has 1 unspecified atom stereocenters. The van der Waals surface area contributed by atoms with Gasteiger partial charge < -0.3 is 15.0 Å². The highest BCUT2D eigenvalue weighted by Gasteiger charge is 2.25. The maximum Gasteiger partial charge on any atom is 0.337 e. The molecule has 0 spiro atoms. The number of amides is 2. The molecule has 6 nitrogen and oxygen atoms in total. The van der Waals surface area contributed by atoms with Crippen molar-refractivity contribution >= 4 is 29.4 Å². The van der Waals surface area contributed by atoms with Crippen LogP contribution in [0.2, 0.25) is 5.02 Å². The van der Waals surface area contributed by atoms with Crippen molar-refractivity contribution in [3.05, 3.63) is 70.2 Å². The van der Waals surface area contributed by atoms with Crippen molar-refractivity contribution in [1.29, 1.82) is 0 Å². The van der Waals surface area contributed by atoms with Gasteiger partial charge in [0.2, 0.25) is 0 Å². The molecule has 2 aromatic rings. The van der Waals surface area contributed by atoms with Crippen LogP contribution in [0, 0.1) is 5.92 Å². The first-order chi connectivity index (χ1) is 14.0. The molecule has 1 aliphatic heterocycles. The summed E-state index contributed by atoms with van der Waals surface area (Å²) < 4.78 is 4.68. The molecule has 152 valence electrons. The van der Waals surface area contributed by atoms with Gasteiger partial charge in [0.05, 0.1) is 23.3 Å². The zero-order chi connectivity index (χ0) is 20.8. The quantitative estimate of drug-likeness (QED) is 0.761. The molecule has 0 radical (unpaired) electrons. The second kappa shape index (κ2) is 9.56. The standard InChI is InChI=1S/C22H23ClN2O4/c1-29-22(28)17-10-8-16(9-11-17)21(27)25-12-4-5-15(14-25)13-24-20(26)18-6-2-3-7-19(18)23/h2-3,6-11,15H,4-5,12-14H2,1H3,(H,24,26). The molecular weight excluding hydrogens is 392 g/mol. The Hall–Kier alpha value is -2.86. The normalized spacial score (nSPS) is 16.2. The maximum absolute atomic E-state index is 12.8. The number of likely N-dealkylation sites (tertiary alicyclic amines) is 1. The fourth-order valence-electron chi connectivity index (χ4n) is 3.44. The summed E-state index contributed by atoms with van der Waals surface area (Å²) in [7, 11) is 1.32. The number of halogens is 1. The Morgan fingerprint density at radius 1 is 1.10 bits per heavy atom. The van der Waals surface area contributed by atoms with Gasteiger partial charge in [0, 0.05) is 25.2 Å². The first-order valence-corrected chi connectivity index (χ1v) is 9.87. The van der Waals surface area contributed by atoms with E-state index >= 15 is 0 Å². The summed E-state index contributed by atoms with van der Waals surface area (Å²) in [6.45, 7) is 1.72. The Morgan fingerprint density at radius 3 is 2.48 bits per heavy atom. The topological polar surface area (TPSA) is 75.7 Å². The third-order valence-corrected chi connectivity index (χ3v) is 5.36. The van der Waals surface area contributed by atoms with Crippen LogP contribution in [0.1, 0.15) is 43.9 Å². The zero-order valence-electron chi connectivity index (χ0n) is 16.2. The number of carbonyl (C=O) groups is 3. The lowest BCUT2D eigenvalue weighted by molar-refractivity contribution is 0.0598. The predicted octanol–water partition coefficient (Wildman–Crippen LogP) is 3.41. The van der Waals surface area contributed by atoms with Crippen molar-refractivity contribution in [3.63, 3.8) is 0 Å². The highest BCUT2D eigenvalue weighted by molar-refractivity contribution is 6.33. The Labute approximate surface area is 174 Å². The molecule has 2 aromatic carbocycles. The van der Waals surface area contributed by atoms with Crippen LogP contribution in [0.5, 0.6) is 0 Å². The molecule has 1 saturated heterocycles. The van der Waals surface area contributed by atoms with Gasteiger partial charge in [0.1, 0.15) is 0 Å². The summed E-state index contributed by atoms with van der Waals surface area (Å²) in [4.78, 5) is 38.5. The minimum absolute atomic E-state index is 0.0800. The number of nitrogens with one attached hydrogen (secondary N) is 1. The molecule has 0 aliphatic carbocycles. The van der Waals surface area contributed by atoms with Crippen molar-refractivity contribution in [2.45, 2.75) is 12.8 Å². The number of hydrogen-bond acceptors (Lipinski definition) is 4. The largest absolute Gasteiger partial charge is 0.465 e. The number of benzene rings is 2. The molecule has 1 atom stereocenters. The first kappa shape index (κ1) is 20.9. The van der Waals surface area contributed by atoms with Crippen molar-refractivity contribution in [2.24, 2.45) is 5.92 Å². The van der Waals surface area contributed by atoms with Gasteiger partial charge >= 0.3 is 5.97 Å². The van der Waals surface area contributed by atoms with E-state index in [1.54, 1.807) is 53.4 Å². The third-order valence-electron chi connectivity index (χ3n) is 5.03. The SMILES string of the molecule is COC(=O)c1ccc(C(=O)N2CCCC(CNC(=O)c3ccccc3Cl)C2)cc1. The lowest BCUT2D eigenvalue weighted by Crippen LogP contribution is -2.43. The van der Waals surface area contributed by atoms with Gasteiger partial charge in [-0.05, 0) is 55.2 Å².